The Balaban J connectivity index is 2.39. The number of aryl methyl sites for hydroxylation is 1. The zero-order chi connectivity index (χ0) is 14.0. The van der Waals surface area contributed by atoms with Crippen LogP contribution in [0.3, 0.4) is 0 Å². The number of benzene rings is 1. The van der Waals surface area contributed by atoms with Crippen molar-refractivity contribution in [2.24, 2.45) is 0 Å². The van der Waals surface area contributed by atoms with Crippen molar-refractivity contribution >= 4 is 5.82 Å². The van der Waals surface area contributed by atoms with E-state index in [-0.39, 0.29) is 0 Å². The summed E-state index contributed by atoms with van der Waals surface area (Å²) >= 11 is 0. The second kappa shape index (κ2) is 5.45. The highest BCUT2D eigenvalue weighted by Crippen LogP contribution is 2.28. The van der Waals surface area contributed by atoms with E-state index >= 15 is 0 Å². The third-order valence-corrected chi connectivity index (χ3v) is 3.18. The van der Waals surface area contributed by atoms with E-state index in [0.29, 0.717) is 12.6 Å². The highest BCUT2D eigenvalue weighted by Gasteiger charge is 2.15. The summed E-state index contributed by atoms with van der Waals surface area (Å²) in [7, 11) is 1.69. The van der Waals surface area contributed by atoms with Gasteiger partial charge in [0.25, 0.3) is 0 Å². The van der Waals surface area contributed by atoms with Crippen molar-refractivity contribution in [3.63, 3.8) is 0 Å². The lowest BCUT2D eigenvalue weighted by atomic mass is 10.1. The van der Waals surface area contributed by atoms with Crippen LogP contribution in [0.15, 0.2) is 24.3 Å². The maximum Gasteiger partial charge on any atom is 0.131 e. The smallest absolute Gasteiger partial charge is 0.131 e. The average Bonchev–Trinajstić information content (AvgIpc) is 2.66. The zero-order valence-electron chi connectivity index (χ0n) is 12.0. The molecule has 0 spiro atoms. The number of rotatable bonds is 4. The second-order valence-corrected chi connectivity index (χ2v) is 4.99. The van der Waals surface area contributed by atoms with Crippen molar-refractivity contribution in [1.29, 1.82) is 0 Å². The van der Waals surface area contributed by atoms with Crippen molar-refractivity contribution in [1.82, 2.24) is 9.55 Å². The van der Waals surface area contributed by atoms with E-state index in [1.54, 1.807) is 7.11 Å². The number of nitrogen functional groups attached to an aromatic ring is 1. The Bertz CT molecular complexity index is 556. The minimum atomic E-state index is 0.314. The number of hydrogen-bond donors (Lipinski definition) is 1. The van der Waals surface area contributed by atoms with Gasteiger partial charge in [-0.15, -0.1) is 0 Å². The molecule has 1 aromatic heterocycles. The summed E-state index contributed by atoms with van der Waals surface area (Å²) < 4.78 is 7.16. The van der Waals surface area contributed by atoms with E-state index < -0.39 is 0 Å². The van der Waals surface area contributed by atoms with Gasteiger partial charge in [0.05, 0.1) is 6.61 Å². The summed E-state index contributed by atoms with van der Waals surface area (Å²) in [4.78, 5) is 4.58. The molecule has 2 aromatic rings. The Hall–Kier alpha value is -1.81. The van der Waals surface area contributed by atoms with Crippen LogP contribution in [-0.2, 0) is 11.3 Å². The molecule has 0 aliphatic carbocycles. The van der Waals surface area contributed by atoms with Crippen molar-refractivity contribution < 1.29 is 4.74 Å². The van der Waals surface area contributed by atoms with Gasteiger partial charge in [0.2, 0.25) is 0 Å². The monoisotopic (exact) mass is 259 g/mol. The van der Waals surface area contributed by atoms with E-state index in [9.17, 15) is 0 Å². The molecule has 0 fully saturated rings. The first-order valence-corrected chi connectivity index (χ1v) is 6.47. The highest BCUT2D eigenvalue weighted by atomic mass is 16.5. The molecule has 1 aromatic carbocycles. The topological polar surface area (TPSA) is 53.1 Å². The Kier molecular flexibility index (Phi) is 3.90. The molecule has 0 aliphatic heterocycles. The van der Waals surface area contributed by atoms with Gasteiger partial charge in [-0.2, -0.15) is 0 Å². The van der Waals surface area contributed by atoms with Crippen molar-refractivity contribution in [3.05, 3.63) is 35.7 Å². The normalized spacial score (nSPS) is 11.2. The summed E-state index contributed by atoms with van der Waals surface area (Å²) in [5.41, 5.74) is 9.25. The molecule has 2 rings (SSSR count). The van der Waals surface area contributed by atoms with Gasteiger partial charge in [-0.25, -0.2) is 4.98 Å². The Morgan fingerprint density at radius 3 is 2.37 bits per heavy atom. The first-order chi connectivity index (χ1) is 9.04. The molecule has 4 nitrogen and oxygen atoms in total. The maximum atomic E-state index is 6.21. The van der Waals surface area contributed by atoms with Gasteiger partial charge in [-0.1, -0.05) is 24.3 Å². The van der Waals surface area contributed by atoms with Crippen LogP contribution in [0.4, 0.5) is 5.82 Å². The predicted octanol–water partition coefficient (Wildman–Crippen LogP) is 3.17. The summed E-state index contributed by atoms with van der Waals surface area (Å²) in [5.74, 6) is 1.68. The standard InChI is InChI=1S/C15H21N3O/c1-10(2)18-11(3)17-14(15(18)16)13-7-5-12(6-8-13)9-19-4/h5-8,10H,9,16H2,1-4H3. The summed E-state index contributed by atoms with van der Waals surface area (Å²) in [6.07, 6.45) is 0. The van der Waals surface area contributed by atoms with Crippen LogP contribution < -0.4 is 5.73 Å². The van der Waals surface area contributed by atoms with Crippen LogP contribution in [0.25, 0.3) is 11.3 Å². The third kappa shape index (κ3) is 2.63. The van der Waals surface area contributed by atoms with E-state index in [4.69, 9.17) is 10.5 Å². The quantitative estimate of drug-likeness (QED) is 0.917. The first kappa shape index (κ1) is 13.6. The largest absolute Gasteiger partial charge is 0.383 e. The van der Waals surface area contributed by atoms with Crippen LogP contribution in [-0.4, -0.2) is 16.7 Å². The Morgan fingerprint density at radius 2 is 1.89 bits per heavy atom. The van der Waals surface area contributed by atoms with Gasteiger partial charge in [-0.3, -0.25) is 0 Å². The molecule has 2 N–H and O–H groups in total. The van der Waals surface area contributed by atoms with Crippen molar-refractivity contribution in [3.8, 4) is 11.3 Å². The molecular weight excluding hydrogens is 238 g/mol. The number of nitrogens with zero attached hydrogens (tertiary/aromatic N) is 2. The lowest BCUT2D eigenvalue weighted by molar-refractivity contribution is 0.185. The molecule has 19 heavy (non-hydrogen) atoms. The molecule has 0 atom stereocenters. The summed E-state index contributed by atoms with van der Waals surface area (Å²) in [6, 6.07) is 8.48. The fourth-order valence-corrected chi connectivity index (χ4v) is 2.35. The molecule has 0 aliphatic rings. The second-order valence-electron chi connectivity index (χ2n) is 4.99. The Morgan fingerprint density at radius 1 is 1.26 bits per heavy atom. The molecule has 0 unspecified atom stereocenters. The molecule has 0 saturated carbocycles. The number of hydrogen-bond acceptors (Lipinski definition) is 3. The molecule has 4 heteroatoms. The number of anilines is 1. The lowest BCUT2D eigenvalue weighted by Crippen LogP contribution is -2.07. The first-order valence-electron chi connectivity index (χ1n) is 6.47. The third-order valence-electron chi connectivity index (χ3n) is 3.18. The molecule has 0 saturated heterocycles. The number of methoxy groups -OCH3 is 1. The molecule has 0 radical (unpaired) electrons. The molecule has 0 bridgehead atoms. The van der Waals surface area contributed by atoms with E-state index in [2.05, 4.69) is 23.4 Å². The Labute approximate surface area is 114 Å². The van der Waals surface area contributed by atoms with Gasteiger partial charge in [0, 0.05) is 18.7 Å². The van der Waals surface area contributed by atoms with Crippen LogP contribution >= 0.6 is 0 Å². The fraction of sp³-hybridized carbons (Fsp3) is 0.400. The minimum Gasteiger partial charge on any atom is -0.383 e. The van der Waals surface area contributed by atoms with Gasteiger partial charge in [0.15, 0.2) is 0 Å². The number of aromatic nitrogens is 2. The van der Waals surface area contributed by atoms with Crippen LogP contribution in [0, 0.1) is 6.92 Å². The lowest BCUT2D eigenvalue weighted by Gasteiger charge is -2.11. The molecular formula is C15H21N3O. The summed E-state index contributed by atoms with van der Waals surface area (Å²) in [5, 5.41) is 0. The highest BCUT2D eigenvalue weighted by molar-refractivity contribution is 5.71. The van der Waals surface area contributed by atoms with Gasteiger partial charge >= 0.3 is 0 Å². The molecule has 1 heterocycles. The minimum absolute atomic E-state index is 0.314. The maximum absolute atomic E-state index is 6.21. The SMILES string of the molecule is COCc1ccc(-c2nc(C)n(C(C)C)c2N)cc1. The zero-order valence-corrected chi connectivity index (χ0v) is 12.0. The molecule has 0 amide bonds. The van der Waals surface area contributed by atoms with Gasteiger partial charge in [-0.05, 0) is 26.3 Å². The van der Waals surface area contributed by atoms with E-state index in [0.717, 1.165) is 28.5 Å². The van der Waals surface area contributed by atoms with Crippen LogP contribution in [0.2, 0.25) is 0 Å². The van der Waals surface area contributed by atoms with Gasteiger partial charge in [0.1, 0.15) is 17.3 Å². The van der Waals surface area contributed by atoms with Crippen molar-refractivity contribution in [2.45, 2.75) is 33.4 Å². The van der Waals surface area contributed by atoms with Crippen LogP contribution in [0.1, 0.15) is 31.3 Å². The molecule has 102 valence electrons. The number of nitrogens with two attached hydrogens (primary N) is 1. The van der Waals surface area contributed by atoms with E-state index in [1.165, 1.54) is 0 Å². The number of imidazole rings is 1. The fourth-order valence-electron chi connectivity index (χ4n) is 2.35. The number of ether oxygens (including phenoxy) is 1. The van der Waals surface area contributed by atoms with Gasteiger partial charge < -0.3 is 15.0 Å². The summed E-state index contributed by atoms with van der Waals surface area (Å²) in [6.45, 7) is 6.82. The predicted molar refractivity (Wildman–Crippen MR) is 77.9 cm³/mol. The average molecular weight is 259 g/mol. The van der Waals surface area contributed by atoms with Crippen molar-refractivity contribution in [2.75, 3.05) is 12.8 Å². The van der Waals surface area contributed by atoms with Crippen LogP contribution in [0.5, 0.6) is 0 Å². The van der Waals surface area contributed by atoms with E-state index in [1.807, 2.05) is 31.2 Å².